The summed E-state index contributed by atoms with van der Waals surface area (Å²) in [6.07, 6.45) is 35.5. The molecule has 2 unspecified atom stereocenters. The van der Waals surface area contributed by atoms with Gasteiger partial charge in [0.1, 0.15) is 36.8 Å². The summed E-state index contributed by atoms with van der Waals surface area (Å²) in [6.45, 7) is 3.59. The predicted molar refractivity (Wildman–Crippen MR) is 238 cm³/mol. The highest BCUT2D eigenvalue weighted by Gasteiger charge is 2.46. The van der Waals surface area contributed by atoms with E-state index in [4.69, 9.17) is 18.9 Å². The second kappa shape index (κ2) is 37.0. The number of hydrogen-bond donors (Lipinski definition) is 4. The largest absolute Gasteiger partial charge is 0.462 e. The lowest BCUT2D eigenvalue weighted by Crippen LogP contribution is -2.60. The molecule has 0 radical (unpaired) electrons. The number of aliphatic hydroxyl groups is 3. The molecule has 60 heavy (non-hydrogen) atoms. The number of unbranched alkanes of at least 4 members (excludes halogenated alkanes) is 15. The van der Waals surface area contributed by atoms with Gasteiger partial charge in [0.25, 0.3) is 10.1 Å². The van der Waals surface area contributed by atoms with Crippen molar-refractivity contribution in [3.8, 4) is 0 Å². The number of esters is 2. The molecular weight excluding hydrogens is 789 g/mol. The third kappa shape index (κ3) is 31.2. The molecule has 12 nitrogen and oxygen atoms in total. The van der Waals surface area contributed by atoms with E-state index in [1.807, 2.05) is 0 Å². The minimum Gasteiger partial charge on any atom is -0.462 e. The molecule has 1 saturated heterocycles. The number of rotatable bonds is 37. The van der Waals surface area contributed by atoms with Gasteiger partial charge in [-0.3, -0.25) is 14.1 Å². The van der Waals surface area contributed by atoms with Gasteiger partial charge in [0.05, 0.1) is 6.61 Å². The molecular formula is C47H80O12S. The Morgan fingerprint density at radius 1 is 0.583 bits per heavy atom. The van der Waals surface area contributed by atoms with Crippen LogP contribution >= 0.6 is 0 Å². The Labute approximate surface area is 362 Å². The molecule has 1 rings (SSSR count). The van der Waals surface area contributed by atoms with E-state index >= 15 is 0 Å². The molecule has 0 spiro atoms. The van der Waals surface area contributed by atoms with Gasteiger partial charge in [-0.2, -0.15) is 8.42 Å². The lowest BCUT2D eigenvalue weighted by atomic mass is 10.00. The van der Waals surface area contributed by atoms with Gasteiger partial charge >= 0.3 is 11.9 Å². The van der Waals surface area contributed by atoms with Gasteiger partial charge in [-0.05, 0) is 77.0 Å². The Bertz CT molecular complexity index is 1340. The van der Waals surface area contributed by atoms with Crippen LogP contribution in [0.15, 0.2) is 60.8 Å². The first-order chi connectivity index (χ1) is 29.0. The Morgan fingerprint density at radius 3 is 1.62 bits per heavy atom. The molecule has 1 heterocycles. The number of carbonyl (C=O) groups is 2. The topological polar surface area (TPSA) is 186 Å². The molecule has 0 bridgehead atoms. The number of hydrogen-bond acceptors (Lipinski definition) is 11. The first-order valence-corrected chi connectivity index (χ1v) is 24.5. The first kappa shape index (κ1) is 55.4. The quantitative estimate of drug-likeness (QED) is 0.0201. The standard InChI is InChI=1S/C47H80O12S/c1-3-5-7-9-11-13-15-17-19-20-22-23-25-27-29-31-33-35-42(48)56-37-40(38-57-47-46(52)45(51)44(50)41(59-47)39-60(53,54)55)58-43(49)36-34-32-30-28-26-24-21-18-16-14-12-10-8-6-4-2/h6,8,12-15,18,21,26,28,40-41,44-47,50-52H,3-5,7,9-11,16-17,19-20,22-25,27,29-39H2,1-2H3,(H,53,54,55)/b8-6+,14-12+,15-13+,21-18+,28-26+/t40-,41-,44-,45?,46?,47+/m1/s1. The van der Waals surface area contributed by atoms with E-state index in [2.05, 4.69) is 74.6 Å². The summed E-state index contributed by atoms with van der Waals surface area (Å²) in [6, 6.07) is 0. The van der Waals surface area contributed by atoms with Crippen molar-refractivity contribution >= 4 is 22.1 Å². The summed E-state index contributed by atoms with van der Waals surface area (Å²) in [7, 11) is -4.61. The average molecular weight is 869 g/mol. The number of ether oxygens (including phenoxy) is 4. The molecule has 0 aromatic heterocycles. The fraction of sp³-hybridized carbons (Fsp3) is 0.745. The zero-order chi connectivity index (χ0) is 44.1. The van der Waals surface area contributed by atoms with E-state index < -0.39 is 71.2 Å². The van der Waals surface area contributed by atoms with E-state index in [9.17, 15) is 37.9 Å². The van der Waals surface area contributed by atoms with Gasteiger partial charge in [-0.15, -0.1) is 0 Å². The van der Waals surface area contributed by atoms with Gasteiger partial charge in [0.15, 0.2) is 12.4 Å². The lowest BCUT2D eigenvalue weighted by Gasteiger charge is -2.40. The highest BCUT2D eigenvalue weighted by Crippen LogP contribution is 2.24. The second-order valence-electron chi connectivity index (χ2n) is 15.7. The van der Waals surface area contributed by atoms with Crippen LogP contribution in [0.1, 0.15) is 168 Å². The van der Waals surface area contributed by atoms with E-state index in [-0.39, 0.29) is 19.4 Å². The molecule has 13 heteroatoms. The highest BCUT2D eigenvalue weighted by molar-refractivity contribution is 7.85. The van der Waals surface area contributed by atoms with Crippen LogP contribution in [0.5, 0.6) is 0 Å². The summed E-state index contributed by atoms with van der Waals surface area (Å²) in [5.41, 5.74) is 0. The number of carbonyl (C=O) groups excluding carboxylic acids is 2. The maximum absolute atomic E-state index is 12.8. The van der Waals surface area contributed by atoms with Crippen LogP contribution in [0.3, 0.4) is 0 Å². The summed E-state index contributed by atoms with van der Waals surface area (Å²) in [4.78, 5) is 25.4. The predicted octanol–water partition coefficient (Wildman–Crippen LogP) is 9.34. The van der Waals surface area contributed by atoms with Gasteiger partial charge in [0, 0.05) is 12.8 Å². The Balaban J connectivity index is 2.47. The van der Waals surface area contributed by atoms with Crippen molar-refractivity contribution in [2.75, 3.05) is 19.0 Å². The van der Waals surface area contributed by atoms with E-state index in [0.29, 0.717) is 12.8 Å². The van der Waals surface area contributed by atoms with Crippen molar-refractivity contribution in [3.05, 3.63) is 60.8 Å². The van der Waals surface area contributed by atoms with Crippen molar-refractivity contribution in [2.24, 2.45) is 0 Å². The fourth-order valence-electron chi connectivity index (χ4n) is 6.54. The van der Waals surface area contributed by atoms with Crippen LogP contribution in [-0.4, -0.2) is 96.0 Å². The van der Waals surface area contributed by atoms with Crippen molar-refractivity contribution in [3.63, 3.8) is 0 Å². The number of aliphatic hydroxyl groups excluding tert-OH is 3. The van der Waals surface area contributed by atoms with Crippen molar-refractivity contribution < 1.29 is 56.8 Å². The zero-order valence-corrected chi connectivity index (χ0v) is 37.6. The second-order valence-corrected chi connectivity index (χ2v) is 17.2. The molecule has 6 atom stereocenters. The lowest BCUT2D eigenvalue weighted by molar-refractivity contribution is -0.297. The van der Waals surface area contributed by atoms with Crippen LogP contribution in [0, 0.1) is 0 Å². The van der Waals surface area contributed by atoms with E-state index in [1.165, 1.54) is 70.6 Å². The first-order valence-electron chi connectivity index (χ1n) is 22.8. The highest BCUT2D eigenvalue weighted by atomic mass is 32.2. The summed E-state index contributed by atoms with van der Waals surface area (Å²) in [5, 5.41) is 30.9. The molecule has 0 aromatic carbocycles. The molecule has 0 saturated carbocycles. The molecule has 346 valence electrons. The van der Waals surface area contributed by atoms with Crippen LogP contribution in [0.25, 0.3) is 0 Å². The Morgan fingerprint density at radius 2 is 1.05 bits per heavy atom. The maximum atomic E-state index is 12.8. The minimum atomic E-state index is -4.61. The summed E-state index contributed by atoms with van der Waals surface area (Å²) >= 11 is 0. The molecule has 1 aliphatic rings. The van der Waals surface area contributed by atoms with Crippen LogP contribution < -0.4 is 0 Å². The minimum absolute atomic E-state index is 0.110. The van der Waals surface area contributed by atoms with Crippen LogP contribution in [0.2, 0.25) is 0 Å². The summed E-state index contributed by atoms with van der Waals surface area (Å²) < 4.78 is 54.0. The normalized spacial score (nSPS) is 20.7. The Hall–Kier alpha value is -2.65. The third-order valence-electron chi connectivity index (χ3n) is 10.1. The molecule has 0 aromatic rings. The van der Waals surface area contributed by atoms with Crippen molar-refractivity contribution in [1.82, 2.24) is 0 Å². The maximum Gasteiger partial charge on any atom is 0.306 e. The molecule has 0 amide bonds. The van der Waals surface area contributed by atoms with Gasteiger partial charge in [-0.25, -0.2) is 0 Å². The van der Waals surface area contributed by atoms with Crippen molar-refractivity contribution in [1.29, 1.82) is 0 Å². The molecule has 4 N–H and O–H groups in total. The third-order valence-corrected chi connectivity index (χ3v) is 10.8. The van der Waals surface area contributed by atoms with Crippen molar-refractivity contribution in [2.45, 2.75) is 205 Å². The van der Waals surface area contributed by atoms with E-state index in [0.717, 1.165) is 57.8 Å². The average Bonchev–Trinajstić information content (AvgIpc) is 3.21. The monoisotopic (exact) mass is 869 g/mol. The van der Waals surface area contributed by atoms with Gasteiger partial charge in [0.2, 0.25) is 0 Å². The van der Waals surface area contributed by atoms with Gasteiger partial charge < -0.3 is 34.3 Å². The zero-order valence-electron chi connectivity index (χ0n) is 36.8. The van der Waals surface area contributed by atoms with Crippen LogP contribution in [-0.2, 0) is 38.7 Å². The molecule has 1 fully saturated rings. The molecule has 1 aliphatic heterocycles. The smallest absolute Gasteiger partial charge is 0.306 e. The summed E-state index contributed by atoms with van der Waals surface area (Å²) in [5.74, 6) is -2.05. The molecule has 0 aliphatic carbocycles. The van der Waals surface area contributed by atoms with E-state index in [1.54, 1.807) is 0 Å². The number of allylic oxidation sites excluding steroid dienone is 10. The van der Waals surface area contributed by atoms with Gasteiger partial charge in [-0.1, -0.05) is 139 Å². The SMILES string of the molecule is CC/C=C/C/C=C/C/C=C/C/C=C/CCCCC(=O)O[C@H](COC(=O)CCCCCCCCCCC/C=C/CCCCCC)CO[C@H]1O[C@H](CS(=O)(=O)O)[C@@H](O)C(O)C1O. The Kier molecular flexibility index (Phi) is 34.1. The van der Waals surface area contributed by atoms with Crippen LogP contribution in [0.4, 0.5) is 0 Å². The fourth-order valence-corrected chi connectivity index (χ4v) is 7.23.